The molecule has 3 fully saturated rings. The molecule has 0 unspecified atom stereocenters. The molecule has 1 aromatic heterocycles. The van der Waals surface area contributed by atoms with Crippen molar-refractivity contribution in [1.82, 2.24) is 14.8 Å². The monoisotopic (exact) mass is 529 g/mol. The first-order valence-corrected chi connectivity index (χ1v) is 14.7. The van der Waals surface area contributed by atoms with Gasteiger partial charge in [-0.3, -0.25) is 4.90 Å². The average molecular weight is 530 g/mol. The third kappa shape index (κ3) is 5.31. The summed E-state index contributed by atoms with van der Waals surface area (Å²) in [5.74, 6) is 1.34. The van der Waals surface area contributed by atoms with Crippen molar-refractivity contribution in [1.29, 1.82) is 0 Å². The van der Waals surface area contributed by atoms with Crippen LogP contribution in [-0.4, -0.2) is 67.3 Å². The molecule has 3 atom stereocenters. The predicted molar refractivity (Wildman–Crippen MR) is 145 cm³/mol. The minimum atomic E-state index is -4.32. The van der Waals surface area contributed by atoms with Crippen molar-refractivity contribution in [2.75, 3.05) is 52.5 Å². The molecule has 4 nitrogen and oxygen atoms in total. The van der Waals surface area contributed by atoms with Gasteiger partial charge < -0.3 is 14.6 Å². The zero-order chi connectivity index (χ0) is 26.3. The maximum Gasteiger partial charge on any atom is 0.416 e. The lowest BCUT2D eigenvalue weighted by atomic mass is 9.68. The summed E-state index contributed by atoms with van der Waals surface area (Å²) >= 11 is 0. The van der Waals surface area contributed by atoms with E-state index < -0.39 is 11.7 Å². The van der Waals surface area contributed by atoms with E-state index in [2.05, 4.69) is 33.9 Å². The Hall–Kier alpha value is -1.83. The van der Waals surface area contributed by atoms with Crippen LogP contribution in [0, 0.1) is 17.3 Å². The molecular weight excluding hydrogens is 487 g/mol. The molecule has 3 saturated heterocycles. The van der Waals surface area contributed by atoms with Crippen LogP contribution in [0.5, 0.6) is 0 Å². The smallest absolute Gasteiger partial charge is 0.381 e. The summed E-state index contributed by atoms with van der Waals surface area (Å²) in [4.78, 5) is 8.67. The number of hydrogen-bond donors (Lipinski definition) is 1. The van der Waals surface area contributed by atoms with Gasteiger partial charge in [-0.25, -0.2) is 0 Å². The van der Waals surface area contributed by atoms with Gasteiger partial charge in [0.15, 0.2) is 0 Å². The van der Waals surface area contributed by atoms with E-state index >= 15 is 0 Å². The number of likely N-dealkylation sites (tertiary alicyclic amines) is 2. The summed E-state index contributed by atoms with van der Waals surface area (Å²) < 4.78 is 46.1. The van der Waals surface area contributed by atoms with Crippen LogP contribution >= 0.6 is 0 Å². The van der Waals surface area contributed by atoms with Gasteiger partial charge in [-0.05, 0) is 118 Å². The molecule has 208 valence electrons. The summed E-state index contributed by atoms with van der Waals surface area (Å²) in [5, 5.41) is 0.766. The van der Waals surface area contributed by atoms with Gasteiger partial charge >= 0.3 is 6.18 Å². The second-order valence-corrected chi connectivity index (χ2v) is 12.4. The summed E-state index contributed by atoms with van der Waals surface area (Å²) in [6, 6.07) is 4.19. The molecule has 0 amide bonds. The van der Waals surface area contributed by atoms with Crippen LogP contribution in [0.25, 0.3) is 10.9 Å². The van der Waals surface area contributed by atoms with Crippen LogP contribution in [-0.2, 0) is 17.3 Å². The normalized spacial score (nSPS) is 28.7. The predicted octanol–water partition coefficient (Wildman–Crippen LogP) is 6.62. The number of piperidine rings is 1. The molecule has 4 aliphatic rings. The van der Waals surface area contributed by atoms with Crippen LogP contribution in [0.3, 0.4) is 0 Å². The number of hydrogen-bond acceptors (Lipinski definition) is 3. The van der Waals surface area contributed by atoms with Gasteiger partial charge in [-0.2, -0.15) is 13.2 Å². The van der Waals surface area contributed by atoms with Gasteiger partial charge in [0.1, 0.15) is 0 Å². The molecule has 3 aliphatic heterocycles. The van der Waals surface area contributed by atoms with Gasteiger partial charge in [0.05, 0.1) is 5.56 Å². The molecule has 0 spiro atoms. The van der Waals surface area contributed by atoms with Gasteiger partial charge in [0, 0.05) is 42.9 Å². The largest absolute Gasteiger partial charge is 0.416 e. The number of aromatic nitrogens is 1. The zero-order valence-corrected chi connectivity index (χ0v) is 22.7. The molecule has 7 heteroatoms. The van der Waals surface area contributed by atoms with E-state index in [0.29, 0.717) is 11.8 Å². The number of H-pyrrole nitrogens is 1. The molecule has 0 radical (unpaired) electrons. The summed E-state index contributed by atoms with van der Waals surface area (Å²) in [6.07, 6.45) is 8.74. The Morgan fingerprint density at radius 3 is 2.66 bits per heavy atom. The van der Waals surface area contributed by atoms with Crippen LogP contribution in [0.1, 0.15) is 68.2 Å². The number of nitrogens with zero attached hydrogens (tertiary/aromatic N) is 2. The lowest BCUT2D eigenvalue weighted by Gasteiger charge is -2.45. The minimum absolute atomic E-state index is 0.227. The van der Waals surface area contributed by atoms with Crippen LogP contribution < -0.4 is 0 Å². The highest BCUT2D eigenvalue weighted by molar-refractivity contribution is 5.86. The first-order valence-electron chi connectivity index (χ1n) is 14.7. The fraction of sp³-hybridized carbons (Fsp3) is 0.677. The molecule has 2 aromatic rings. The van der Waals surface area contributed by atoms with Crippen molar-refractivity contribution in [2.24, 2.45) is 17.3 Å². The average Bonchev–Trinajstić information content (AvgIpc) is 3.55. The van der Waals surface area contributed by atoms with Crippen molar-refractivity contribution >= 4 is 10.9 Å². The van der Waals surface area contributed by atoms with Gasteiger partial charge in [-0.1, -0.05) is 19.1 Å². The number of ether oxygens (including phenoxy) is 1. The molecule has 38 heavy (non-hydrogen) atoms. The standard InChI is InChI=1S/C31H42F3N3O/c1-22-26-21-37(16-9-30(10-17-38-18-11-30)8-4-14-36-12-2-3-13-36)15-7-23(26)19-28-29(22)25-20-24(31(32,33)34)5-6-27(25)35-28/h4-6,8,20,22-23,26,35H,2-3,7,9-19,21H2,1H3/t22-,23-,26-/m1/s1. The van der Waals surface area contributed by atoms with Gasteiger partial charge in [0.25, 0.3) is 0 Å². The van der Waals surface area contributed by atoms with E-state index in [1.54, 1.807) is 6.07 Å². The van der Waals surface area contributed by atoms with E-state index in [-0.39, 0.29) is 11.3 Å². The third-order valence-electron chi connectivity index (χ3n) is 10.2. The third-order valence-corrected chi connectivity index (χ3v) is 10.2. The Balaban J connectivity index is 1.14. The Morgan fingerprint density at radius 1 is 1.11 bits per heavy atom. The highest BCUT2D eigenvalue weighted by Crippen LogP contribution is 2.47. The highest BCUT2D eigenvalue weighted by Gasteiger charge is 2.41. The molecule has 6 rings (SSSR count). The quantitative estimate of drug-likeness (QED) is 0.427. The molecule has 1 N–H and O–H groups in total. The summed E-state index contributed by atoms with van der Waals surface area (Å²) in [5.41, 5.74) is 2.80. The molecule has 1 aromatic carbocycles. The number of aromatic amines is 1. The fourth-order valence-electron chi connectivity index (χ4n) is 7.80. The maximum absolute atomic E-state index is 13.5. The van der Waals surface area contributed by atoms with Crippen LogP contribution in [0.15, 0.2) is 30.4 Å². The Labute approximate surface area is 224 Å². The number of allylic oxidation sites excluding steroid dienone is 1. The fourth-order valence-corrected chi connectivity index (χ4v) is 7.80. The number of rotatable bonds is 6. The number of nitrogens with one attached hydrogen (secondary N) is 1. The van der Waals surface area contributed by atoms with Gasteiger partial charge in [0.2, 0.25) is 0 Å². The SMILES string of the molecule is C[C@H]1c2c([nH]c3ccc(C(F)(F)F)cc23)C[C@H]2CCN(CCC3(C=CCN4CCCC4)CCOCC3)C[C@@H]21. The second kappa shape index (κ2) is 10.6. The summed E-state index contributed by atoms with van der Waals surface area (Å²) in [6.45, 7) is 10.7. The maximum atomic E-state index is 13.5. The summed E-state index contributed by atoms with van der Waals surface area (Å²) in [7, 11) is 0. The topological polar surface area (TPSA) is 31.5 Å². The van der Waals surface area contributed by atoms with Crippen LogP contribution in [0.2, 0.25) is 0 Å². The Kier molecular flexibility index (Phi) is 7.38. The van der Waals surface area contributed by atoms with Crippen molar-refractivity contribution in [3.05, 3.63) is 47.2 Å². The molecule has 4 heterocycles. The number of benzene rings is 1. The van der Waals surface area contributed by atoms with E-state index in [0.717, 1.165) is 87.2 Å². The second-order valence-electron chi connectivity index (χ2n) is 12.4. The lowest BCUT2D eigenvalue weighted by molar-refractivity contribution is -0.137. The molecular formula is C31H42F3N3O. The van der Waals surface area contributed by atoms with Crippen molar-refractivity contribution in [3.63, 3.8) is 0 Å². The highest BCUT2D eigenvalue weighted by atomic mass is 19.4. The first kappa shape index (κ1) is 26.4. The molecule has 0 bridgehead atoms. The zero-order valence-electron chi connectivity index (χ0n) is 22.7. The number of halogens is 3. The van der Waals surface area contributed by atoms with Crippen molar-refractivity contribution in [2.45, 2.75) is 64.0 Å². The van der Waals surface area contributed by atoms with E-state index in [1.165, 1.54) is 44.5 Å². The van der Waals surface area contributed by atoms with Gasteiger partial charge in [-0.15, -0.1) is 0 Å². The minimum Gasteiger partial charge on any atom is -0.381 e. The Bertz CT molecular complexity index is 1140. The first-order chi connectivity index (χ1) is 18.3. The van der Waals surface area contributed by atoms with Crippen LogP contribution in [0.4, 0.5) is 13.2 Å². The van der Waals surface area contributed by atoms with E-state index in [9.17, 15) is 13.2 Å². The number of alkyl halides is 3. The lowest BCUT2D eigenvalue weighted by Crippen LogP contribution is -2.46. The van der Waals surface area contributed by atoms with E-state index in [1.807, 2.05) is 0 Å². The number of fused-ring (bicyclic) bond motifs is 4. The van der Waals surface area contributed by atoms with Crippen molar-refractivity contribution in [3.8, 4) is 0 Å². The Morgan fingerprint density at radius 2 is 1.89 bits per heavy atom. The molecule has 0 saturated carbocycles. The van der Waals surface area contributed by atoms with E-state index in [4.69, 9.17) is 4.74 Å². The molecule has 1 aliphatic carbocycles. The van der Waals surface area contributed by atoms with Crippen molar-refractivity contribution < 1.29 is 17.9 Å².